The standard InChI is InChI=1S/C10H20N2/c1-10(2)9(11)4-3-7-12(10)8-5-6-8/h8-9H,3-7,11H2,1-2H3. The lowest BCUT2D eigenvalue weighted by Gasteiger charge is -2.47. The molecule has 0 amide bonds. The maximum absolute atomic E-state index is 6.13. The van der Waals surface area contributed by atoms with Crippen molar-refractivity contribution in [2.24, 2.45) is 5.73 Å². The van der Waals surface area contributed by atoms with Crippen molar-refractivity contribution in [3.8, 4) is 0 Å². The third kappa shape index (κ3) is 1.27. The third-order valence-corrected chi connectivity index (χ3v) is 3.55. The zero-order valence-corrected chi connectivity index (χ0v) is 8.21. The van der Waals surface area contributed by atoms with Crippen LogP contribution in [0.5, 0.6) is 0 Å². The van der Waals surface area contributed by atoms with Crippen LogP contribution in [0, 0.1) is 0 Å². The van der Waals surface area contributed by atoms with Crippen molar-refractivity contribution in [3.05, 3.63) is 0 Å². The molecule has 0 aromatic rings. The van der Waals surface area contributed by atoms with Crippen LogP contribution in [-0.4, -0.2) is 29.1 Å². The van der Waals surface area contributed by atoms with Crippen LogP contribution >= 0.6 is 0 Å². The summed E-state index contributed by atoms with van der Waals surface area (Å²) in [5, 5.41) is 0. The summed E-state index contributed by atoms with van der Waals surface area (Å²) in [5.41, 5.74) is 6.38. The number of nitrogens with zero attached hydrogens (tertiary/aromatic N) is 1. The second-order valence-corrected chi connectivity index (χ2v) is 4.83. The average molecular weight is 168 g/mol. The summed E-state index contributed by atoms with van der Waals surface area (Å²) in [5.74, 6) is 0. The predicted octanol–water partition coefficient (Wildman–Crippen LogP) is 1.35. The first-order chi connectivity index (χ1) is 5.62. The van der Waals surface area contributed by atoms with Gasteiger partial charge in [-0.3, -0.25) is 4.90 Å². The van der Waals surface area contributed by atoms with E-state index < -0.39 is 0 Å². The van der Waals surface area contributed by atoms with E-state index in [0.29, 0.717) is 6.04 Å². The van der Waals surface area contributed by atoms with Crippen molar-refractivity contribution in [1.29, 1.82) is 0 Å². The third-order valence-electron chi connectivity index (χ3n) is 3.55. The van der Waals surface area contributed by atoms with Crippen molar-refractivity contribution in [3.63, 3.8) is 0 Å². The molecule has 2 aliphatic rings. The van der Waals surface area contributed by atoms with Crippen LogP contribution in [0.1, 0.15) is 39.5 Å². The Morgan fingerprint density at radius 1 is 1.25 bits per heavy atom. The van der Waals surface area contributed by atoms with Gasteiger partial charge in [0.25, 0.3) is 0 Å². The zero-order valence-electron chi connectivity index (χ0n) is 8.21. The fourth-order valence-electron chi connectivity index (χ4n) is 2.38. The summed E-state index contributed by atoms with van der Waals surface area (Å²) in [7, 11) is 0. The van der Waals surface area contributed by atoms with Gasteiger partial charge in [-0.15, -0.1) is 0 Å². The molecule has 2 rings (SSSR count). The SMILES string of the molecule is CC1(C)C(N)CCCN1C1CC1. The molecular formula is C10H20N2. The zero-order chi connectivity index (χ0) is 8.77. The monoisotopic (exact) mass is 168 g/mol. The maximum atomic E-state index is 6.13. The van der Waals surface area contributed by atoms with Crippen molar-refractivity contribution in [1.82, 2.24) is 4.90 Å². The van der Waals surface area contributed by atoms with Crippen LogP contribution in [0.2, 0.25) is 0 Å². The highest BCUT2D eigenvalue weighted by molar-refractivity contribution is 5.01. The summed E-state index contributed by atoms with van der Waals surface area (Å²) >= 11 is 0. The normalized spacial score (nSPS) is 36.8. The number of rotatable bonds is 1. The summed E-state index contributed by atoms with van der Waals surface area (Å²) in [6.07, 6.45) is 5.30. The lowest BCUT2D eigenvalue weighted by Crippen LogP contribution is -2.60. The van der Waals surface area contributed by atoms with Gasteiger partial charge < -0.3 is 5.73 Å². The van der Waals surface area contributed by atoms with Gasteiger partial charge in [0.2, 0.25) is 0 Å². The first-order valence-corrected chi connectivity index (χ1v) is 5.14. The Morgan fingerprint density at radius 2 is 1.92 bits per heavy atom. The molecule has 12 heavy (non-hydrogen) atoms. The minimum absolute atomic E-state index is 0.249. The molecule has 1 atom stereocenters. The molecular weight excluding hydrogens is 148 g/mol. The largest absolute Gasteiger partial charge is 0.326 e. The first-order valence-electron chi connectivity index (χ1n) is 5.14. The van der Waals surface area contributed by atoms with E-state index in [0.717, 1.165) is 6.04 Å². The number of hydrogen-bond donors (Lipinski definition) is 1. The Labute approximate surface area is 75.1 Å². The molecule has 0 aromatic carbocycles. The van der Waals surface area contributed by atoms with E-state index in [1.807, 2.05) is 0 Å². The van der Waals surface area contributed by atoms with E-state index in [9.17, 15) is 0 Å². The molecule has 1 saturated heterocycles. The van der Waals surface area contributed by atoms with Crippen molar-refractivity contribution in [2.45, 2.75) is 57.2 Å². The summed E-state index contributed by atoms with van der Waals surface area (Å²) in [6.45, 7) is 5.87. The van der Waals surface area contributed by atoms with Crippen LogP contribution in [0.15, 0.2) is 0 Å². The highest BCUT2D eigenvalue weighted by Gasteiger charge is 2.43. The minimum atomic E-state index is 0.249. The summed E-state index contributed by atoms with van der Waals surface area (Å²) in [4.78, 5) is 2.63. The molecule has 2 heteroatoms. The molecule has 0 bridgehead atoms. The van der Waals surface area contributed by atoms with Crippen LogP contribution in [0.25, 0.3) is 0 Å². The van der Waals surface area contributed by atoms with Gasteiger partial charge in [-0.2, -0.15) is 0 Å². The van der Waals surface area contributed by atoms with Gasteiger partial charge in [0, 0.05) is 17.6 Å². The van der Waals surface area contributed by atoms with Gasteiger partial charge >= 0.3 is 0 Å². The molecule has 1 saturated carbocycles. The molecule has 1 heterocycles. The molecule has 0 aromatic heterocycles. The smallest absolute Gasteiger partial charge is 0.0307 e. The fourth-order valence-corrected chi connectivity index (χ4v) is 2.38. The number of likely N-dealkylation sites (tertiary alicyclic amines) is 1. The summed E-state index contributed by atoms with van der Waals surface area (Å²) < 4.78 is 0. The van der Waals surface area contributed by atoms with Crippen molar-refractivity contribution < 1.29 is 0 Å². The van der Waals surface area contributed by atoms with E-state index in [4.69, 9.17) is 5.73 Å². The van der Waals surface area contributed by atoms with Crippen LogP contribution in [0.3, 0.4) is 0 Å². The lowest BCUT2D eigenvalue weighted by atomic mass is 9.85. The fraction of sp³-hybridized carbons (Fsp3) is 1.00. The Hall–Kier alpha value is -0.0800. The van der Waals surface area contributed by atoms with Gasteiger partial charge in [-0.25, -0.2) is 0 Å². The van der Waals surface area contributed by atoms with Crippen LogP contribution in [0.4, 0.5) is 0 Å². The van der Waals surface area contributed by atoms with Crippen molar-refractivity contribution >= 4 is 0 Å². The van der Waals surface area contributed by atoms with Gasteiger partial charge in [-0.1, -0.05) is 0 Å². The second-order valence-electron chi connectivity index (χ2n) is 4.83. The summed E-state index contributed by atoms with van der Waals surface area (Å²) in [6, 6.07) is 1.25. The quantitative estimate of drug-likeness (QED) is 0.640. The molecule has 1 unspecified atom stereocenters. The molecule has 1 aliphatic heterocycles. The lowest BCUT2D eigenvalue weighted by molar-refractivity contribution is 0.0498. The number of nitrogens with two attached hydrogens (primary N) is 1. The van der Waals surface area contributed by atoms with Crippen LogP contribution < -0.4 is 5.73 Å². The predicted molar refractivity (Wildman–Crippen MR) is 51.0 cm³/mol. The molecule has 2 nitrogen and oxygen atoms in total. The minimum Gasteiger partial charge on any atom is -0.326 e. The Morgan fingerprint density at radius 3 is 2.50 bits per heavy atom. The molecule has 70 valence electrons. The van der Waals surface area contributed by atoms with E-state index in [1.165, 1.54) is 32.2 Å². The van der Waals surface area contributed by atoms with Crippen molar-refractivity contribution in [2.75, 3.05) is 6.54 Å². The topological polar surface area (TPSA) is 29.3 Å². The highest BCUT2D eigenvalue weighted by Crippen LogP contribution is 2.37. The Balaban J connectivity index is 2.09. The molecule has 0 spiro atoms. The van der Waals surface area contributed by atoms with E-state index in [1.54, 1.807) is 0 Å². The van der Waals surface area contributed by atoms with Crippen LogP contribution in [-0.2, 0) is 0 Å². The highest BCUT2D eigenvalue weighted by atomic mass is 15.3. The van der Waals surface area contributed by atoms with Gasteiger partial charge in [0.15, 0.2) is 0 Å². The van der Waals surface area contributed by atoms with Gasteiger partial charge in [0.1, 0.15) is 0 Å². The molecule has 1 aliphatic carbocycles. The molecule has 2 fully saturated rings. The maximum Gasteiger partial charge on any atom is 0.0307 e. The van der Waals surface area contributed by atoms with E-state index in [-0.39, 0.29) is 5.54 Å². The Kier molecular flexibility index (Phi) is 1.92. The number of hydrogen-bond acceptors (Lipinski definition) is 2. The Bertz CT molecular complexity index is 173. The van der Waals surface area contributed by atoms with E-state index >= 15 is 0 Å². The average Bonchev–Trinajstić information content (AvgIpc) is 2.77. The number of piperidine rings is 1. The second kappa shape index (κ2) is 2.71. The molecule has 0 radical (unpaired) electrons. The first kappa shape index (κ1) is 8.52. The van der Waals surface area contributed by atoms with Gasteiger partial charge in [-0.05, 0) is 46.1 Å². The van der Waals surface area contributed by atoms with Gasteiger partial charge in [0.05, 0.1) is 0 Å². The van der Waals surface area contributed by atoms with E-state index in [2.05, 4.69) is 18.7 Å². The molecule has 2 N–H and O–H groups in total.